The average Bonchev–Trinajstić information content (AvgIpc) is 1.68. The monoisotopic (exact) mass is 140 g/mol. The van der Waals surface area contributed by atoms with Gasteiger partial charge in [-0.1, -0.05) is 11.6 Å². The third-order valence-corrected chi connectivity index (χ3v) is 1.15. The summed E-state index contributed by atoms with van der Waals surface area (Å²) in [5.41, 5.74) is 0. The summed E-state index contributed by atoms with van der Waals surface area (Å²) in [6.07, 6.45) is 1.45. The molecular formula is C4H6Cl2O. The van der Waals surface area contributed by atoms with Crippen molar-refractivity contribution < 1.29 is 5.11 Å². The van der Waals surface area contributed by atoms with Crippen molar-refractivity contribution in [1.29, 1.82) is 0 Å². The molecule has 0 aliphatic rings. The summed E-state index contributed by atoms with van der Waals surface area (Å²) in [5, 5.41) is 8.64. The van der Waals surface area contributed by atoms with E-state index in [1.807, 2.05) is 0 Å². The van der Waals surface area contributed by atoms with Crippen molar-refractivity contribution in [2.45, 2.75) is 0 Å². The molecule has 3 heteroatoms. The molecule has 0 saturated heterocycles. The minimum absolute atomic E-state index is 0.0362. The SMILES string of the molecule is OC/C=C(\Cl)CCl. The van der Waals surface area contributed by atoms with Gasteiger partial charge in [0, 0.05) is 5.03 Å². The van der Waals surface area contributed by atoms with Crippen LogP contribution in [0.1, 0.15) is 0 Å². The Balaban J connectivity index is 3.29. The van der Waals surface area contributed by atoms with Crippen LogP contribution < -0.4 is 0 Å². The van der Waals surface area contributed by atoms with E-state index in [0.29, 0.717) is 5.03 Å². The Labute approximate surface area is 52.5 Å². The fraction of sp³-hybridized carbons (Fsp3) is 0.500. The van der Waals surface area contributed by atoms with E-state index in [0.717, 1.165) is 0 Å². The molecule has 0 atom stereocenters. The Kier molecular flexibility index (Phi) is 4.62. The first-order valence-corrected chi connectivity index (χ1v) is 2.74. The van der Waals surface area contributed by atoms with E-state index >= 15 is 0 Å². The molecule has 1 N–H and O–H groups in total. The molecule has 0 aliphatic heterocycles. The second-order valence-corrected chi connectivity index (χ2v) is 1.72. The summed E-state index contributed by atoms with van der Waals surface area (Å²) < 4.78 is 0. The molecule has 0 aromatic heterocycles. The molecule has 0 aromatic rings. The molecule has 0 saturated carbocycles. The quantitative estimate of drug-likeness (QED) is 0.575. The van der Waals surface area contributed by atoms with Gasteiger partial charge in [0.2, 0.25) is 0 Å². The van der Waals surface area contributed by atoms with Gasteiger partial charge in [0.1, 0.15) is 0 Å². The van der Waals surface area contributed by atoms with Gasteiger partial charge in [0.25, 0.3) is 0 Å². The second kappa shape index (κ2) is 4.44. The molecule has 0 heterocycles. The summed E-state index contributed by atoms with van der Waals surface area (Å²) in [6.45, 7) is -0.0362. The van der Waals surface area contributed by atoms with Crippen LogP contribution in [0.4, 0.5) is 0 Å². The van der Waals surface area contributed by atoms with Crippen molar-refractivity contribution in [1.82, 2.24) is 0 Å². The Bertz CT molecular complexity index is 70.1. The molecule has 0 fully saturated rings. The molecule has 0 aromatic carbocycles. The number of hydrogen-bond donors (Lipinski definition) is 1. The minimum atomic E-state index is -0.0362. The number of rotatable bonds is 2. The van der Waals surface area contributed by atoms with Gasteiger partial charge < -0.3 is 5.11 Å². The van der Waals surface area contributed by atoms with Gasteiger partial charge in [-0.05, 0) is 6.08 Å². The highest BCUT2D eigenvalue weighted by atomic mass is 35.5. The van der Waals surface area contributed by atoms with E-state index < -0.39 is 0 Å². The van der Waals surface area contributed by atoms with Gasteiger partial charge >= 0.3 is 0 Å². The molecule has 42 valence electrons. The highest BCUT2D eigenvalue weighted by Gasteiger charge is 1.82. The smallest absolute Gasteiger partial charge is 0.0626 e. The highest BCUT2D eigenvalue weighted by molar-refractivity contribution is 6.35. The molecule has 0 spiro atoms. The predicted molar refractivity (Wildman–Crippen MR) is 31.7 cm³/mol. The van der Waals surface area contributed by atoms with Crippen LogP contribution in [0.3, 0.4) is 0 Å². The zero-order valence-corrected chi connectivity index (χ0v) is 5.21. The van der Waals surface area contributed by atoms with Crippen LogP contribution in [-0.4, -0.2) is 17.6 Å². The van der Waals surface area contributed by atoms with Crippen molar-refractivity contribution >= 4 is 23.2 Å². The van der Waals surface area contributed by atoms with E-state index in [2.05, 4.69) is 0 Å². The van der Waals surface area contributed by atoms with Gasteiger partial charge in [-0.15, -0.1) is 11.6 Å². The number of aliphatic hydroxyl groups is 1. The third-order valence-electron chi connectivity index (χ3n) is 0.440. The Morgan fingerprint density at radius 2 is 2.29 bits per heavy atom. The number of alkyl halides is 1. The fourth-order valence-corrected chi connectivity index (χ4v) is 0.332. The lowest BCUT2D eigenvalue weighted by molar-refractivity contribution is 0.342. The maximum atomic E-state index is 8.15. The van der Waals surface area contributed by atoms with Crippen molar-refractivity contribution in [3.63, 3.8) is 0 Å². The maximum Gasteiger partial charge on any atom is 0.0626 e. The average molecular weight is 141 g/mol. The molecule has 0 bridgehead atoms. The molecule has 0 rings (SSSR count). The number of halogens is 2. The van der Waals surface area contributed by atoms with Gasteiger partial charge in [-0.2, -0.15) is 0 Å². The van der Waals surface area contributed by atoms with Crippen molar-refractivity contribution in [3.05, 3.63) is 11.1 Å². The zero-order valence-electron chi connectivity index (χ0n) is 3.69. The van der Waals surface area contributed by atoms with Crippen LogP contribution in [0, 0.1) is 0 Å². The molecule has 0 unspecified atom stereocenters. The molecular weight excluding hydrogens is 135 g/mol. The van der Waals surface area contributed by atoms with Crippen LogP contribution in [0.15, 0.2) is 11.1 Å². The summed E-state index contributed by atoms with van der Waals surface area (Å²) in [5.74, 6) is 0.280. The van der Waals surface area contributed by atoms with E-state index in [-0.39, 0.29) is 12.5 Å². The second-order valence-electron chi connectivity index (χ2n) is 0.967. The molecule has 7 heavy (non-hydrogen) atoms. The van der Waals surface area contributed by atoms with E-state index in [9.17, 15) is 0 Å². The standard InChI is InChI=1S/C4H6Cl2O/c5-3-4(6)1-2-7/h1,7H,2-3H2/b4-1-. The van der Waals surface area contributed by atoms with Crippen molar-refractivity contribution in [2.75, 3.05) is 12.5 Å². The Hall–Kier alpha value is 0.280. The largest absolute Gasteiger partial charge is 0.392 e. The highest BCUT2D eigenvalue weighted by Crippen LogP contribution is 2.00. The van der Waals surface area contributed by atoms with Crippen LogP contribution in [-0.2, 0) is 0 Å². The van der Waals surface area contributed by atoms with E-state index in [1.165, 1.54) is 6.08 Å². The van der Waals surface area contributed by atoms with Crippen LogP contribution in [0.25, 0.3) is 0 Å². The summed E-state index contributed by atoms with van der Waals surface area (Å²) >= 11 is 10.6. The van der Waals surface area contributed by atoms with E-state index in [4.69, 9.17) is 28.3 Å². The summed E-state index contributed by atoms with van der Waals surface area (Å²) in [6, 6.07) is 0. The lowest BCUT2D eigenvalue weighted by Crippen LogP contribution is -1.76. The maximum absolute atomic E-state index is 8.15. The van der Waals surface area contributed by atoms with Crippen LogP contribution in [0.2, 0.25) is 0 Å². The summed E-state index contributed by atoms with van der Waals surface area (Å²) in [4.78, 5) is 0. The first kappa shape index (κ1) is 7.28. The third kappa shape index (κ3) is 4.13. The van der Waals surface area contributed by atoms with Gasteiger partial charge in [-0.25, -0.2) is 0 Å². The predicted octanol–water partition coefficient (Wildman–Crippen LogP) is 1.34. The van der Waals surface area contributed by atoms with Crippen LogP contribution >= 0.6 is 23.2 Å². The number of allylic oxidation sites excluding steroid dienone is 1. The number of hydrogen-bond acceptors (Lipinski definition) is 1. The normalized spacial score (nSPS) is 12.1. The molecule has 0 amide bonds. The lowest BCUT2D eigenvalue weighted by Gasteiger charge is -1.83. The lowest BCUT2D eigenvalue weighted by atomic mass is 10.5. The van der Waals surface area contributed by atoms with Crippen molar-refractivity contribution in [3.8, 4) is 0 Å². The first-order chi connectivity index (χ1) is 3.31. The van der Waals surface area contributed by atoms with Crippen molar-refractivity contribution in [2.24, 2.45) is 0 Å². The Morgan fingerprint density at radius 3 is 2.43 bits per heavy atom. The molecule has 1 nitrogen and oxygen atoms in total. The summed E-state index contributed by atoms with van der Waals surface area (Å²) in [7, 11) is 0. The van der Waals surface area contributed by atoms with Gasteiger partial charge in [0.15, 0.2) is 0 Å². The molecule has 0 radical (unpaired) electrons. The van der Waals surface area contributed by atoms with Gasteiger partial charge in [-0.3, -0.25) is 0 Å². The van der Waals surface area contributed by atoms with E-state index in [1.54, 1.807) is 0 Å². The fourth-order valence-electron chi connectivity index (χ4n) is 0.154. The number of aliphatic hydroxyl groups excluding tert-OH is 1. The zero-order chi connectivity index (χ0) is 5.70. The topological polar surface area (TPSA) is 20.2 Å². The minimum Gasteiger partial charge on any atom is -0.392 e. The Morgan fingerprint density at radius 1 is 1.71 bits per heavy atom. The van der Waals surface area contributed by atoms with Gasteiger partial charge in [0.05, 0.1) is 12.5 Å². The van der Waals surface area contributed by atoms with Crippen LogP contribution in [0.5, 0.6) is 0 Å². The first-order valence-electron chi connectivity index (χ1n) is 1.82. The molecule has 0 aliphatic carbocycles.